The van der Waals surface area contributed by atoms with Crippen LogP contribution in [0.15, 0.2) is 84.9 Å². The van der Waals surface area contributed by atoms with E-state index in [0.717, 1.165) is 22.4 Å². The summed E-state index contributed by atoms with van der Waals surface area (Å²) in [5, 5.41) is 8.23. The minimum Gasteiger partial charge on any atom is -0.489 e. The van der Waals surface area contributed by atoms with Crippen LogP contribution in [0.2, 0.25) is 0 Å². The van der Waals surface area contributed by atoms with E-state index < -0.39 is 23.9 Å². The summed E-state index contributed by atoms with van der Waals surface area (Å²) in [7, 11) is 0. The molecule has 0 fully saturated rings. The number of carbonyl (C=O) groups excluding carboxylic acids is 3. The van der Waals surface area contributed by atoms with Crippen molar-refractivity contribution in [3.05, 3.63) is 102 Å². The number of halogens is 1. The molecular formula is C32H41ClN4O4. The normalized spacial score (nSPS) is 12.0. The second-order valence-electron chi connectivity index (χ2n) is 10.2. The number of ether oxygens (including phenoxy) is 1. The second kappa shape index (κ2) is 17.7. The summed E-state index contributed by atoms with van der Waals surface area (Å²) in [4.78, 5) is 37.8. The molecule has 3 amide bonds. The summed E-state index contributed by atoms with van der Waals surface area (Å²) < 4.78 is 5.81. The van der Waals surface area contributed by atoms with Gasteiger partial charge >= 0.3 is 0 Å². The topological polar surface area (TPSA) is 123 Å². The number of hydrogen-bond donors (Lipinski definition) is 4. The van der Waals surface area contributed by atoms with E-state index in [1.54, 1.807) is 0 Å². The van der Waals surface area contributed by atoms with Gasteiger partial charge in [-0.2, -0.15) is 0 Å². The Balaban J connectivity index is 0.00000588. The first-order valence-corrected chi connectivity index (χ1v) is 13.7. The monoisotopic (exact) mass is 580 g/mol. The van der Waals surface area contributed by atoms with Crippen molar-refractivity contribution in [2.75, 3.05) is 13.1 Å². The highest BCUT2D eigenvalue weighted by molar-refractivity contribution is 5.91. The summed E-state index contributed by atoms with van der Waals surface area (Å²) in [5.74, 6) is -0.166. The van der Waals surface area contributed by atoms with Crippen LogP contribution in [0.5, 0.6) is 5.75 Å². The van der Waals surface area contributed by atoms with Crippen LogP contribution >= 0.6 is 12.4 Å². The van der Waals surface area contributed by atoms with Crippen LogP contribution in [0, 0.1) is 5.92 Å². The summed E-state index contributed by atoms with van der Waals surface area (Å²) in [6, 6.07) is 25.7. The first kappa shape index (κ1) is 33.3. The third kappa shape index (κ3) is 12.4. The fourth-order valence-electron chi connectivity index (χ4n) is 4.13. The highest BCUT2D eigenvalue weighted by atomic mass is 35.5. The van der Waals surface area contributed by atoms with Gasteiger partial charge < -0.3 is 26.4 Å². The van der Waals surface area contributed by atoms with E-state index in [1.807, 2.05) is 98.8 Å². The van der Waals surface area contributed by atoms with E-state index in [0.29, 0.717) is 32.4 Å². The molecule has 0 radical (unpaired) electrons. The summed E-state index contributed by atoms with van der Waals surface area (Å²) in [5.41, 5.74) is 9.19. The van der Waals surface area contributed by atoms with E-state index in [2.05, 4.69) is 16.0 Å². The van der Waals surface area contributed by atoms with Gasteiger partial charge in [0.15, 0.2) is 0 Å². The first-order valence-electron chi connectivity index (χ1n) is 13.7. The molecule has 3 aromatic rings. The van der Waals surface area contributed by atoms with E-state index in [1.165, 1.54) is 0 Å². The first-order chi connectivity index (χ1) is 19.3. The third-order valence-electron chi connectivity index (χ3n) is 6.31. The van der Waals surface area contributed by atoms with Crippen LogP contribution in [0.4, 0.5) is 0 Å². The molecule has 0 aliphatic rings. The standard InChI is InChI=1S/C32H40N4O4.ClH/c1-23(2)19-29(36-31(38)28(33)20-25-9-5-3-6-10-25)32(39)35-21-30(37)34-18-17-24-13-15-27(16-14-24)40-22-26-11-7-4-8-12-26;/h3-16,23,28-29H,17-22,33H2,1-2H3,(H,34,37)(H,35,39)(H,36,38);1H. The van der Waals surface area contributed by atoms with E-state index in [9.17, 15) is 14.4 Å². The van der Waals surface area contributed by atoms with Crippen molar-refractivity contribution in [1.29, 1.82) is 0 Å². The maximum absolute atomic E-state index is 12.8. The minimum atomic E-state index is -0.780. The van der Waals surface area contributed by atoms with Gasteiger partial charge in [-0.05, 0) is 54.0 Å². The molecule has 0 saturated carbocycles. The third-order valence-corrected chi connectivity index (χ3v) is 6.31. The fraction of sp³-hybridized carbons (Fsp3) is 0.344. The lowest BCUT2D eigenvalue weighted by Crippen LogP contribution is -2.53. The van der Waals surface area contributed by atoms with Crippen LogP contribution in [0.3, 0.4) is 0 Å². The lowest BCUT2D eigenvalue weighted by Gasteiger charge is -2.22. The van der Waals surface area contributed by atoms with Gasteiger partial charge in [0.1, 0.15) is 18.4 Å². The van der Waals surface area contributed by atoms with Gasteiger partial charge in [0, 0.05) is 6.54 Å². The quantitative estimate of drug-likeness (QED) is 0.219. The van der Waals surface area contributed by atoms with Crippen molar-refractivity contribution < 1.29 is 19.1 Å². The fourth-order valence-corrected chi connectivity index (χ4v) is 4.13. The van der Waals surface area contributed by atoms with Crippen molar-refractivity contribution in [3.63, 3.8) is 0 Å². The number of nitrogens with two attached hydrogens (primary N) is 1. The van der Waals surface area contributed by atoms with Crippen LogP contribution in [0.25, 0.3) is 0 Å². The number of hydrogen-bond acceptors (Lipinski definition) is 5. The van der Waals surface area contributed by atoms with E-state index in [-0.39, 0.29) is 30.8 Å². The molecule has 5 N–H and O–H groups in total. The molecule has 9 heteroatoms. The number of rotatable bonds is 15. The Kier molecular flexibility index (Phi) is 14.4. The number of carbonyl (C=O) groups is 3. The zero-order chi connectivity index (χ0) is 28.7. The Labute approximate surface area is 248 Å². The molecule has 2 atom stereocenters. The largest absolute Gasteiger partial charge is 0.489 e. The Morgan fingerprint density at radius 1 is 0.780 bits per heavy atom. The number of nitrogens with one attached hydrogen (secondary N) is 3. The Morgan fingerprint density at radius 3 is 2.00 bits per heavy atom. The minimum absolute atomic E-state index is 0. The Bertz CT molecular complexity index is 1210. The predicted octanol–water partition coefficient (Wildman–Crippen LogP) is 3.56. The smallest absolute Gasteiger partial charge is 0.243 e. The van der Waals surface area contributed by atoms with Gasteiger partial charge in [-0.25, -0.2) is 0 Å². The lowest BCUT2D eigenvalue weighted by molar-refractivity contribution is -0.131. The van der Waals surface area contributed by atoms with Gasteiger partial charge in [0.05, 0.1) is 12.6 Å². The molecule has 0 saturated heterocycles. The molecule has 3 aromatic carbocycles. The summed E-state index contributed by atoms with van der Waals surface area (Å²) >= 11 is 0. The molecule has 0 aliphatic carbocycles. The SMILES string of the molecule is CC(C)CC(NC(=O)C(N)Cc1ccccc1)C(=O)NCC(=O)NCCc1ccc(OCc2ccccc2)cc1.Cl. The zero-order valence-corrected chi connectivity index (χ0v) is 24.5. The van der Waals surface area contributed by atoms with Crippen molar-refractivity contribution in [2.45, 2.75) is 51.8 Å². The molecule has 0 bridgehead atoms. The Morgan fingerprint density at radius 2 is 1.39 bits per heavy atom. The van der Waals surface area contributed by atoms with E-state index in [4.69, 9.17) is 10.5 Å². The predicted molar refractivity (Wildman–Crippen MR) is 164 cm³/mol. The molecule has 0 heterocycles. The molecule has 220 valence electrons. The molecule has 8 nitrogen and oxygen atoms in total. The molecule has 0 aromatic heterocycles. The second-order valence-corrected chi connectivity index (χ2v) is 10.2. The van der Waals surface area contributed by atoms with Crippen LogP contribution in [-0.4, -0.2) is 42.9 Å². The highest BCUT2D eigenvalue weighted by Gasteiger charge is 2.25. The summed E-state index contributed by atoms with van der Waals surface area (Å²) in [6.45, 7) is 4.69. The number of amides is 3. The van der Waals surface area contributed by atoms with Crippen molar-refractivity contribution in [2.24, 2.45) is 11.7 Å². The average Bonchev–Trinajstić information content (AvgIpc) is 2.96. The van der Waals surface area contributed by atoms with Gasteiger partial charge in [0.25, 0.3) is 0 Å². The zero-order valence-electron chi connectivity index (χ0n) is 23.7. The van der Waals surface area contributed by atoms with Crippen LogP contribution < -0.4 is 26.4 Å². The van der Waals surface area contributed by atoms with Crippen molar-refractivity contribution in [1.82, 2.24) is 16.0 Å². The van der Waals surface area contributed by atoms with Crippen LogP contribution in [-0.2, 0) is 33.8 Å². The van der Waals surface area contributed by atoms with E-state index >= 15 is 0 Å². The lowest BCUT2D eigenvalue weighted by atomic mass is 10.0. The molecule has 0 aliphatic heterocycles. The molecule has 41 heavy (non-hydrogen) atoms. The summed E-state index contributed by atoms with van der Waals surface area (Å²) in [6.07, 6.45) is 1.45. The molecule has 3 rings (SSSR count). The molecule has 0 spiro atoms. The number of benzene rings is 3. The maximum Gasteiger partial charge on any atom is 0.243 e. The average molecular weight is 581 g/mol. The molecular weight excluding hydrogens is 540 g/mol. The van der Waals surface area contributed by atoms with Gasteiger partial charge in [-0.15, -0.1) is 12.4 Å². The molecule has 2 unspecified atom stereocenters. The maximum atomic E-state index is 12.8. The van der Waals surface area contributed by atoms with Crippen LogP contribution in [0.1, 0.15) is 37.0 Å². The highest BCUT2D eigenvalue weighted by Crippen LogP contribution is 2.14. The van der Waals surface area contributed by atoms with Crippen molar-refractivity contribution in [3.8, 4) is 5.75 Å². The van der Waals surface area contributed by atoms with Gasteiger partial charge in [0.2, 0.25) is 17.7 Å². The Hall–Kier alpha value is -3.88. The van der Waals surface area contributed by atoms with Crippen molar-refractivity contribution >= 4 is 30.1 Å². The van der Waals surface area contributed by atoms with Gasteiger partial charge in [-0.3, -0.25) is 14.4 Å². The van der Waals surface area contributed by atoms with Gasteiger partial charge in [-0.1, -0.05) is 86.6 Å².